The fourth-order valence-electron chi connectivity index (χ4n) is 1.71. The van der Waals surface area contributed by atoms with Crippen LogP contribution >= 0.6 is 0 Å². The predicted octanol–water partition coefficient (Wildman–Crippen LogP) is 1.46. The van der Waals surface area contributed by atoms with E-state index in [9.17, 15) is 8.42 Å². The third kappa shape index (κ3) is 2.97. The Hall–Kier alpha value is -1.93. The first-order chi connectivity index (χ1) is 9.44. The summed E-state index contributed by atoms with van der Waals surface area (Å²) in [5.74, 6) is 1.24. The number of oxazole rings is 1. The first kappa shape index (κ1) is 14.5. The standard InChI is InChI=1S/C12H16N4O3S/c1-8-7-15-12(19-8)9(2)16-20(17,18)10-5-4-6-14-11(10)13-3/h4-7,9,16H,1-3H3,(H,13,14). The predicted molar refractivity (Wildman–Crippen MR) is 73.8 cm³/mol. The van der Waals surface area contributed by atoms with E-state index in [1.54, 1.807) is 33.2 Å². The summed E-state index contributed by atoms with van der Waals surface area (Å²) in [5.41, 5.74) is 0. The molecule has 2 N–H and O–H groups in total. The lowest BCUT2D eigenvalue weighted by atomic mass is 10.4. The van der Waals surface area contributed by atoms with Crippen LogP contribution < -0.4 is 10.0 Å². The van der Waals surface area contributed by atoms with Crippen molar-refractivity contribution in [2.45, 2.75) is 24.8 Å². The van der Waals surface area contributed by atoms with E-state index in [1.807, 2.05) is 0 Å². The summed E-state index contributed by atoms with van der Waals surface area (Å²) in [6, 6.07) is 2.47. The number of hydrogen-bond donors (Lipinski definition) is 2. The minimum absolute atomic E-state index is 0.0811. The van der Waals surface area contributed by atoms with Crippen molar-refractivity contribution in [3.63, 3.8) is 0 Å². The Morgan fingerprint density at radius 2 is 2.10 bits per heavy atom. The van der Waals surface area contributed by atoms with Crippen LogP contribution in [-0.4, -0.2) is 25.4 Å². The van der Waals surface area contributed by atoms with Gasteiger partial charge in [0.25, 0.3) is 0 Å². The van der Waals surface area contributed by atoms with E-state index in [0.717, 1.165) is 0 Å². The van der Waals surface area contributed by atoms with Gasteiger partial charge < -0.3 is 9.73 Å². The van der Waals surface area contributed by atoms with Crippen molar-refractivity contribution in [3.8, 4) is 0 Å². The third-order valence-electron chi connectivity index (χ3n) is 2.64. The van der Waals surface area contributed by atoms with Crippen LogP contribution in [0.2, 0.25) is 0 Å². The molecule has 108 valence electrons. The minimum atomic E-state index is -3.72. The van der Waals surface area contributed by atoms with Crippen LogP contribution in [0, 0.1) is 6.92 Å². The van der Waals surface area contributed by atoms with E-state index >= 15 is 0 Å². The molecule has 8 heteroatoms. The number of aryl methyl sites for hydroxylation is 1. The van der Waals surface area contributed by atoms with Crippen molar-refractivity contribution in [1.82, 2.24) is 14.7 Å². The Morgan fingerprint density at radius 1 is 1.35 bits per heavy atom. The lowest BCUT2D eigenvalue weighted by Crippen LogP contribution is -2.27. The first-order valence-corrected chi connectivity index (χ1v) is 7.50. The van der Waals surface area contributed by atoms with Gasteiger partial charge in [0.2, 0.25) is 15.9 Å². The number of pyridine rings is 1. The number of sulfonamides is 1. The summed E-state index contributed by atoms with van der Waals surface area (Å²) in [7, 11) is -2.10. The average Bonchev–Trinajstić information content (AvgIpc) is 2.85. The van der Waals surface area contributed by atoms with Gasteiger partial charge in [0.05, 0.1) is 12.2 Å². The molecule has 2 rings (SSSR count). The van der Waals surface area contributed by atoms with Gasteiger partial charge in [-0.3, -0.25) is 0 Å². The van der Waals surface area contributed by atoms with Crippen molar-refractivity contribution >= 4 is 15.8 Å². The maximum atomic E-state index is 12.3. The van der Waals surface area contributed by atoms with Crippen LogP contribution in [0.5, 0.6) is 0 Å². The van der Waals surface area contributed by atoms with Crippen LogP contribution in [-0.2, 0) is 10.0 Å². The molecule has 0 bridgehead atoms. The normalized spacial score (nSPS) is 13.2. The highest BCUT2D eigenvalue weighted by molar-refractivity contribution is 7.89. The molecule has 1 atom stereocenters. The Labute approximate surface area is 117 Å². The van der Waals surface area contributed by atoms with Gasteiger partial charge in [-0.05, 0) is 26.0 Å². The quantitative estimate of drug-likeness (QED) is 0.867. The maximum absolute atomic E-state index is 12.3. The number of hydrogen-bond acceptors (Lipinski definition) is 6. The molecule has 0 aliphatic carbocycles. The molecule has 0 fully saturated rings. The van der Waals surface area contributed by atoms with E-state index in [-0.39, 0.29) is 10.7 Å². The fraction of sp³-hybridized carbons (Fsp3) is 0.333. The van der Waals surface area contributed by atoms with Crippen LogP contribution in [0.25, 0.3) is 0 Å². The Balaban J connectivity index is 2.27. The first-order valence-electron chi connectivity index (χ1n) is 6.01. The molecule has 1 unspecified atom stereocenters. The zero-order valence-corrected chi connectivity index (χ0v) is 12.2. The second-order valence-electron chi connectivity index (χ2n) is 4.25. The molecule has 2 aromatic heterocycles. The van der Waals surface area contributed by atoms with E-state index in [4.69, 9.17) is 4.42 Å². The monoisotopic (exact) mass is 296 g/mol. The van der Waals surface area contributed by atoms with Gasteiger partial charge in [-0.2, -0.15) is 4.72 Å². The molecule has 20 heavy (non-hydrogen) atoms. The second kappa shape index (κ2) is 5.59. The van der Waals surface area contributed by atoms with E-state index < -0.39 is 16.1 Å². The molecule has 0 aromatic carbocycles. The topological polar surface area (TPSA) is 97.1 Å². The lowest BCUT2D eigenvalue weighted by molar-refractivity contribution is 0.428. The van der Waals surface area contributed by atoms with Crippen molar-refractivity contribution in [2.24, 2.45) is 0 Å². The largest absolute Gasteiger partial charge is 0.444 e. The van der Waals surface area contributed by atoms with E-state index in [0.29, 0.717) is 11.7 Å². The van der Waals surface area contributed by atoms with E-state index in [1.165, 1.54) is 12.3 Å². The van der Waals surface area contributed by atoms with Gasteiger partial charge in [-0.15, -0.1) is 0 Å². The highest BCUT2D eigenvalue weighted by atomic mass is 32.2. The van der Waals surface area contributed by atoms with Gasteiger partial charge in [-0.25, -0.2) is 18.4 Å². The Morgan fingerprint density at radius 3 is 2.70 bits per heavy atom. The highest BCUT2D eigenvalue weighted by Crippen LogP contribution is 2.20. The highest BCUT2D eigenvalue weighted by Gasteiger charge is 2.23. The molecule has 0 saturated carbocycles. The lowest BCUT2D eigenvalue weighted by Gasteiger charge is -2.13. The van der Waals surface area contributed by atoms with Gasteiger partial charge in [0.15, 0.2) is 0 Å². The molecular formula is C12H16N4O3S. The zero-order valence-electron chi connectivity index (χ0n) is 11.4. The summed E-state index contributed by atoms with van der Waals surface area (Å²) in [6.07, 6.45) is 3.06. The van der Waals surface area contributed by atoms with Crippen molar-refractivity contribution in [3.05, 3.63) is 36.2 Å². The molecule has 2 heterocycles. The van der Waals surface area contributed by atoms with Crippen LogP contribution in [0.3, 0.4) is 0 Å². The summed E-state index contributed by atoms with van der Waals surface area (Å²) in [5, 5.41) is 2.75. The molecule has 0 aliphatic rings. The number of rotatable bonds is 5. The van der Waals surface area contributed by atoms with Crippen molar-refractivity contribution < 1.29 is 12.8 Å². The second-order valence-corrected chi connectivity index (χ2v) is 5.93. The van der Waals surface area contributed by atoms with Gasteiger partial charge in [0.1, 0.15) is 16.5 Å². The molecule has 0 saturated heterocycles. The van der Waals surface area contributed by atoms with Crippen LogP contribution in [0.4, 0.5) is 5.82 Å². The number of nitrogens with one attached hydrogen (secondary N) is 2. The van der Waals surface area contributed by atoms with Crippen molar-refractivity contribution in [1.29, 1.82) is 0 Å². The molecular weight excluding hydrogens is 280 g/mol. The summed E-state index contributed by atoms with van der Waals surface area (Å²) < 4.78 is 32.5. The molecule has 2 aromatic rings. The SMILES string of the molecule is CNc1ncccc1S(=O)(=O)NC(C)c1ncc(C)o1. The number of nitrogens with zero attached hydrogens (tertiary/aromatic N) is 2. The average molecular weight is 296 g/mol. The molecule has 7 nitrogen and oxygen atoms in total. The van der Waals surface area contributed by atoms with Crippen LogP contribution in [0.1, 0.15) is 24.6 Å². The Kier molecular flexibility index (Phi) is 4.05. The van der Waals surface area contributed by atoms with Crippen LogP contribution in [0.15, 0.2) is 33.8 Å². The van der Waals surface area contributed by atoms with Gasteiger partial charge in [0, 0.05) is 13.2 Å². The summed E-state index contributed by atoms with van der Waals surface area (Å²) in [4.78, 5) is 8.07. The number of anilines is 1. The summed E-state index contributed by atoms with van der Waals surface area (Å²) in [6.45, 7) is 3.41. The van der Waals surface area contributed by atoms with Gasteiger partial charge >= 0.3 is 0 Å². The minimum Gasteiger partial charge on any atom is -0.444 e. The molecule has 0 amide bonds. The maximum Gasteiger partial charge on any atom is 0.244 e. The zero-order chi connectivity index (χ0) is 14.8. The Bertz CT molecular complexity index is 696. The molecule has 0 radical (unpaired) electrons. The summed E-state index contributed by atoms with van der Waals surface area (Å²) >= 11 is 0. The fourth-order valence-corrected chi connectivity index (χ4v) is 3.07. The molecule has 0 spiro atoms. The van der Waals surface area contributed by atoms with Gasteiger partial charge in [-0.1, -0.05) is 0 Å². The van der Waals surface area contributed by atoms with Crippen molar-refractivity contribution in [2.75, 3.05) is 12.4 Å². The smallest absolute Gasteiger partial charge is 0.244 e. The number of aromatic nitrogens is 2. The van der Waals surface area contributed by atoms with E-state index in [2.05, 4.69) is 20.0 Å². The third-order valence-corrected chi connectivity index (χ3v) is 4.21. The molecule has 0 aliphatic heterocycles.